The highest BCUT2D eigenvalue weighted by Crippen LogP contribution is 2.18. The molecule has 0 fully saturated rings. The Morgan fingerprint density at radius 3 is 2.22 bits per heavy atom. The smallest absolute Gasteiger partial charge is 0.232 e. The normalized spacial score (nSPS) is 11.1. The highest BCUT2D eigenvalue weighted by Gasteiger charge is 2.18. The molecule has 0 aliphatic heterocycles. The van der Waals surface area contributed by atoms with Gasteiger partial charge in [-0.25, -0.2) is 8.42 Å². The number of hydrogen-bond acceptors (Lipinski definition) is 4. The summed E-state index contributed by atoms with van der Waals surface area (Å²) in [6.45, 7) is 0.766. The van der Waals surface area contributed by atoms with Crippen LogP contribution in [0.3, 0.4) is 0 Å². The fourth-order valence-corrected chi connectivity index (χ4v) is 3.70. The van der Waals surface area contributed by atoms with E-state index in [0.29, 0.717) is 18.7 Å². The van der Waals surface area contributed by atoms with Crippen molar-refractivity contribution in [3.63, 3.8) is 0 Å². The molecular formula is C20H26N2O4S. The molecule has 2 aromatic carbocycles. The summed E-state index contributed by atoms with van der Waals surface area (Å²) >= 11 is 0. The summed E-state index contributed by atoms with van der Waals surface area (Å²) in [5.74, 6) is 0.752. The second-order valence-corrected chi connectivity index (χ2v) is 8.28. The van der Waals surface area contributed by atoms with Crippen molar-refractivity contribution in [3.8, 4) is 5.75 Å². The first-order chi connectivity index (χ1) is 12.8. The number of hydrogen-bond donors (Lipinski definition) is 0. The molecule has 146 valence electrons. The number of anilines is 1. The molecule has 0 saturated carbocycles. The minimum atomic E-state index is -3.39. The molecule has 0 bridgehead atoms. The summed E-state index contributed by atoms with van der Waals surface area (Å²) in [5.41, 5.74) is 1.62. The lowest BCUT2D eigenvalue weighted by Gasteiger charge is -2.23. The summed E-state index contributed by atoms with van der Waals surface area (Å²) in [6.07, 6.45) is 1.91. The lowest BCUT2D eigenvalue weighted by Crippen LogP contribution is -2.32. The van der Waals surface area contributed by atoms with Crippen LogP contribution in [0.2, 0.25) is 0 Å². The molecule has 2 aromatic rings. The maximum atomic E-state index is 12.4. The topological polar surface area (TPSA) is 66.9 Å². The summed E-state index contributed by atoms with van der Waals surface area (Å²) in [5, 5.41) is 0. The van der Waals surface area contributed by atoms with Crippen LogP contribution < -0.4 is 9.04 Å². The van der Waals surface area contributed by atoms with Gasteiger partial charge < -0.3 is 9.64 Å². The second-order valence-electron chi connectivity index (χ2n) is 6.37. The van der Waals surface area contributed by atoms with Crippen LogP contribution in [0.4, 0.5) is 5.69 Å². The fourth-order valence-electron chi connectivity index (χ4n) is 2.74. The van der Waals surface area contributed by atoms with Gasteiger partial charge in [0.1, 0.15) is 5.75 Å². The Morgan fingerprint density at radius 2 is 1.67 bits per heavy atom. The third kappa shape index (κ3) is 6.29. The average molecular weight is 391 g/mol. The van der Waals surface area contributed by atoms with E-state index in [-0.39, 0.29) is 18.9 Å². The number of amides is 1. The third-order valence-corrected chi connectivity index (χ3v) is 5.39. The van der Waals surface area contributed by atoms with Gasteiger partial charge in [0.2, 0.25) is 15.9 Å². The molecule has 0 saturated heterocycles. The molecule has 6 nitrogen and oxygen atoms in total. The molecule has 0 N–H and O–H groups in total. The molecule has 2 rings (SSSR count). The van der Waals surface area contributed by atoms with Crippen LogP contribution in [0.15, 0.2) is 54.6 Å². The fraction of sp³-hybridized carbons (Fsp3) is 0.350. The molecule has 7 heteroatoms. The lowest BCUT2D eigenvalue weighted by atomic mass is 10.2. The van der Waals surface area contributed by atoms with Crippen molar-refractivity contribution in [2.45, 2.75) is 19.4 Å². The van der Waals surface area contributed by atoms with Crippen molar-refractivity contribution < 1.29 is 17.9 Å². The first-order valence-electron chi connectivity index (χ1n) is 8.71. The highest BCUT2D eigenvalue weighted by atomic mass is 32.2. The van der Waals surface area contributed by atoms with Gasteiger partial charge in [0.25, 0.3) is 0 Å². The Morgan fingerprint density at radius 1 is 1.04 bits per heavy atom. The molecule has 1 amide bonds. The third-order valence-electron chi connectivity index (χ3n) is 4.20. The summed E-state index contributed by atoms with van der Waals surface area (Å²) in [7, 11) is -0.0357. The number of rotatable bonds is 9. The maximum absolute atomic E-state index is 12.4. The Labute approximate surface area is 161 Å². The number of sulfonamides is 1. The zero-order valence-corrected chi connectivity index (χ0v) is 16.8. The number of para-hydroxylation sites is 1. The van der Waals surface area contributed by atoms with Crippen LogP contribution in [0.25, 0.3) is 0 Å². The maximum Gasteiger partial charge on any atom is 0.232 e. The van der Waals surface area contributed by atoms with Crippen LogP contribution in [0.5, 0.6) is 5.75 Å². The van der Waals surface area contributed by atoms with Gasteiger partial charge in [0.05, 0.1) is 19.1 Å². The first-order valence-corrected chi connectivity index (χ1v) is 10.6. The Bertz CT molecular complexity index is 836. The molecular weight excluding hydrogens is 364 g/mol. The number of ether oxygens (including phenoxy) is 1. The van der Waals surface area contributed by atoms with Crippen molar-refractivity contribution in [1.29, 1.82) is 0 Å². The van der Waals surface area contributed by atoms with Gasteiger partial charge in [-0.1, -0.05) is 30.3 Å². The molecule has 27 heavy (non-hydrogen) atoms. The summed E-state index contributed by atoms with van der Waals surface area (Å²) in [4.78, 5) is 14.0. The Balaban J connectivity index is 1.89. The van der Waals surface area contributed by atoms with Crippen molar-refractivity contribution in [2.75, 3.05) is 31.3 Å². The standard InChI is InChI=1S/C20H26N2O4S/c1-21(16-17-11-13-19(26-2)14-12-17)20(23)10-7-15-22(27(3,24)25)18-8-5-4-6-9-18/h4-6,8-9,11-14H,7,10,15-16H2,1-3H3. The Kier molecular flexibility index (Phi) is 7.24. The van der Waals surface area contributed by atoms with Crippen molar-refractivity contribution in [2.24, 2.45) is 0 Å². The average Bonchev–Trinajstić information content (AvgIpc) is 2.65. The zero-order valence-electron chi connectivity index (χ0n) is 16.0. The van der Waals surface area contributed by atoms with Crippen molar-refractivity contribution >= 4 is 21.6 Å². The Hall–Kier alpha value is -2.54. The van der Waals surface area contributed by atoms with E-state index in [4.69, 9.17) is 4.74 Å². The van der Waals surface area contributed by atoms with E-state index >= 15 is 0 Å². The molecule has 0 heterocycles. The number of carbonyl (C=O) groups is 1. The van der Waals surface area contributed by atoms with Gasteiger partial charge in [-0.15, -0.1) is 0 Å². The molecule has 0 atom stereocenters. The van der Waals surface area contributed by atoms with Gasteiger partial charge in [0, 0.05) is 26.6 Å². The van der Waals surface area contributed by atoms with Crippen LogP contribution in [0.1, 0.15) is 18.4 Å². The number of methoxy groups -OCH3 is 1. The van der Waals surface area contributed by atoms with E-state index in [0.717, 1.165) is 11.3 Å². The molecule has 0 unspecified atom stereocenters. The molecule has 0 aliphatic carbocycles. The monoisotopic (exact) mass is 390 g/mol. The number of nitrogens with zero attached hydrogens (tertiary/aromatic N) is 2. The minimum Gasteiger partial charge on any atom is -0.497 e. The van der Waals surface area contributed by atoms with E-state index in [1.54, 1.807) is 43.3 Å². The quantitative estimate of drug-likeness (QED) is 0.660. The number of benzene rings is 2. The molecule has 0 aliphatic rings. The van der Waals surface area contributed by atoms with Crippen LogP contribution in [0, 0.1) is 0 Å². The van der Waals surface area contributed by atoms with Crippen LogP contribution in [-0.4, -0.2) is 46.2 Å². The van der Waals surface area contributed by atoms with E-state index in [1.807, 2.05) is 30.3 Å². The van der Waals surface area contributed by atoms with Gasteiger partial charge in [-0.05, 0) is 36.2 Å². The van der Waals surface area contributed by atoms with Gasteiger partial charge in [-0.3, -0.25) is 9.10 Å². The molecule has 0 aromatic heterocycles. The minimum absolute atomic E-state index is 0.0210. The number of carbonyl (C=O) groups excluding carboxylic acids is 1. The predicted molar refractivity (Wildman–Crippen MR) is 107 cm³/mol. The first kappa shape index (κ1) is 20.8. The van der Waals surface area contributed by atoms with E-state index in [1.165, 1.54) is 10.6 Å². The van der Waals surface area contributed by atoms with E-state index in [2.05, 4.69) is 0 Å². The van der Waals surface area contributed by atoms with Crippen molar-refractivity contribution in [3.05, 3.63) is 60.2 Å². The zero-order chi connectivity index (χ0) is 19.9. The molecule has 0 spiro atoms. The van der Waals surface area contributed by atoms with Crippen molar-refractivity contribution in [1.82, 2.24) is 4.90 Å². The van der Waals surface area contributed by atoms with E-state index in [9.17, 15) is 13.2 Å². The van der Waals surface area contributed by atoms with E-state index < -0.39 is 10.0 Å². The summed E-state index contributed by atoms with van der Waals surface area (Å²) < 4.78 is 30.6. The van der Waals surface area contributed by atoms with Gasteiger partial charge in [-0.2, -0.15) is 0 Å². The highest BCUT2D eigenvalue weighted by molar-refractivity contribution is 7.92. The predicted octanol–water partition coefficient (Wildman–Crippen LogP) is 2.90. The van der Waals surface area contributed by atoms with Crippen LogP contribution >= 0.6 is 0 Å². The largest absolute Gasteiger partial charge is 0.497 e. The SMILES string of the molecule is COc1ccc(CN(C)C(=O)CCCN(c2ccccc2)S(C)(=O)=O)cc1. The van der Waals surface area contributed by atoms with Gasteiger partial charge in [0.15, 0.2) is 0 Å². The van der Waals surface area contributed by atoms with Gasteiger partial charge >= 0.3 is 0 Å². The lowest BCUT2D eigenvalue weighted by molar-refractivity contribution is -0.130. The second kappa shape index (κ2) is 9.41. The molecule has 0 radical (unpaired) electrons. The summed E-state index contributed by atoms with van der Waals surface area (Å²) in [6, 6.07) is 16.5. The van der Waals surface area contributed by atoms with Crippen LogP contribution in [-0.2, 0) is 21.4 Å².